The first-order chi connectivity index (χ1) is 67.5. The van der Waals surface area contributed by atoms with Crippen molar-refractivity contribution in [3.63, 3.8) is 0 Å². The summed E-state index contributed by atoms with van der Waals surface area (Å²) >= 11 is 0. The van der Waals surface area contributed by atoms with Crippen molar-refractivity contribution in [2.24, 2.45) is 0 Å². The number of hydrogen-bond donors (Lipinski definition) is 0. The van der Waals surface area contributed by atoms with Crippen LogP contribution in [0, 0.1) is 0 Å². The molecule has 8 bridgehead atoms. The Hall–Kier alpha value is -5.94. The third-order valence-corrected chi connectivity index (χ3v) is 33.0. The molecule has 64 radical (unpaired) electrons. The molecule has 13 heterocycles. The summed E-state index contributed by atoms with van der Waals surface area (Å²) in [6, 6.07) is 46.5. The van der Waals surface area contributed by atoms with Gasteiger partial charge in [-0.1, -0.05) is 24.3 Å². The average Bonchev–Trinajstić information content (AvgIpc) is 1.56. The van der Waals surface area contributed by atoms with Gasteiger partial charge in [0.1, 0.15) is 46.0 Å². The maximum atomic E-state index is 7.09. The molecule has 12 nitrogen and oxygen atoms in total. The van der Waals surface area contributed by atoms with Gasteiger partial charge in [-0.05, 0) is 239 Å². The molecule has 0 amide bonds. The predicted octanol–water partition coefficient (Wildman–Crippen LogP) is -0.169. The van der Waals surface area contributed by atoms with Crippen molar-refractivity contribution in [1.29, 1.82) is 0 Å². The zero-order chi connectivity index (χ0) is 98.1. The Kier molecular flexibility index (Phi) is 28.4. The zero-order valence-electron chi connectivity index (χ0n) is 77.8. The molecule has 578 valence electrons. The van der Waals surface area contributed by atoms with Gasteiger partial charge in [0.15, 0.2) is 0 Å². The second-order valence-corrected chi connectivity index (χ2v) is 40.3. The summed E-state index contributed by atoms with van der Waals surface area (Å²) < 4.78 is 28.3. The van der Waals surface area contributed by atoms with E-state index in [0.717, 1.165) is 44.5 Å². The average molecular weight is 1750 g/mol. The Labute approximate surface area is 888 Å². The molecule has 16 unspecified atom stereocenters. The molecule has 8 fully saturated rings. The van der Waals surface area contributed by atoms with Crippen molar-refractivity contribution in [3.8, 4) is 91.5 Å². The van der Waals surface area contributed by atoms with Crippen LogP contribution in [0.4, 0.5) is 0 Å². The standard InChI is InChI=1S/C80H48B48N8O4.Zn/c81-105-65-73(113-89,121(65)97)25-33-9-34(26-74(114-90)66(106-82)122(74)98)14-45(13-33)137-41-1-5-49-53(21-41)61-130-57(49)129-58-50-6-2-43(139-47-17-37(29-77(117-93)69(109-85)125(77)101)11-38(18-47)30-78(118-94)70(110-86)126(78)102)23-55(50)63(131-58)136-64-56-24-44(140-48-19-39(31-79(119-95)71(111-87)127(79)103)12-40(20-48)32-80(120-96)72(112-88)128(80)104)4-8-52(56)60(135-64)134-62-54-22-42(3-7-51(54)59(132-61)133-62)138-46-15-35(27-75(115-91)67(107-83)123(75)99)10-36(16-46)28-76(116-92)68(108-84)124(76)100;/h1-24,65-72H,25-32H2;/q-2;+2/i105-1,106-1,107-1,108-1,109-1,110-1,111-1,112-1,113-1,114-1,115-1,116-1,117-1,118-1,119-1,120-1,121-1,122-1,123-1,124-1,125-1,126-1,127-1,128-1;. The first kappa shape index (κ1) is 102. The monoisotopic (exact) mass is 1750 g/mol. The van der Waals surface area contributed by atoms with Gasteiger partial charge in [-0.25, -0.2) is 9.97 Å². The van der Waals surface area contributed by atoms with E-state index in [-0.39, 0.29) is 164 Å². The first-order valence-corrected chi connectivity index (χ1v) is 47.0. The first-order valence-electron chi connectivity index (χ1n) is 47.0. The van der Waals surface area contributed by atoms with E-state index in [2.05, 4.69) is 24.3 Å². The number of ether oxygens (including phenoxy) is 4. The van der Waals surface area contributed by atoms with Gasteiger partial charge in [-0.2, -0.15) is 0 Å². The van der Waals surface area contributed by atoms with Gasteiger partial charge in [-0.15, -0.1) is 87.4 Å². The SMILES string of the molecule is [B][10B]C1[10B]([B])C1([10B][B])Cc1cc(CC2([10B][B])[10B]([B])C2[10B][B])cc(Oc2ccc3c(c2)-c2nc-3nc3[n-]c(nc4nc(nc5[n-]c(n2)c2ccc(Oc6cc(CC7([10B][B])[10B]([B])C7[10B][B])cc(CC7([10B][B])[10B]([B])C7[10B][B])c6)cc52)-c2ccc(Oc5cc(CC6([10B][B])[10B]([B])C6[10B][B])cc(CC6([10B][B])[10B]([B])C6[10B][B])c5)cc2-4)c2cc(Oc4cc(CC5([10B][B])[10B]([B])C5[10B][B])cc(CC5([10B][B])[10B]([B])C5[10B][B])c4)ccc32)c1.[Zn+2]. The smallest absolute Gasteiger partial charge is 0.457 e. The summed E-state index contributed by atoms with van der Waals surface area (Å²) in [6.45, 7) is -2.57. The summed E-state index contributed by atoms with van der Waals surface area (Å²) in [5.41, 5.74) is 8.62. The fourth-order valence-electron chi connectivity index (χ4n) is 23.9. The number of fused-ring (bicyclic) bond motifs is 20. The van der Waals surface area contributed by atoms with Gasteiger partial charge >= 0.3 is 19.5 Å². The van der Waals surface area contributed by atoms with Crippen LogP contribution in [0.5, 0.6) is 46.0 Å². The van der Waals surface area contributed by atoms with Gasteiger partial charge in [0.25, 0.3) is 0 Å². The van der Waals surface area contributed by atoms with Gasteiger partial charge in [-0.3, -0.25) is 0 Å². The Morgan fingerprint density at radius 1 is 0.220 bits per heavy atom. The summed E-state index contributed by atoms with van der Waals surface area (Å²) in [5, 5.41) is -2.88. The van der Waals surface area contributed by atoms with Crippen molar-refractivity contribution in [3.05, 3.63) is 190 Å². The molecule has 3 aromatic heterocycles. The van der Waals surface area contributed by atoms with Crippen molar-refractivity contribution >= 4 is 397 Å². The summed E-state index contributed by atoms with van der Waals surface area (Å²) in [7, 11) is 181. The summed E-state index contributed by atoms with van der Waals surface area (Å²) in [4.78, 5) is 43.5. The normalized spacial score (nSPS) is 27.1. The van der Waals surface area contributed by atoms with E-state index < -0.39 is 41.7 Å². The Morgan fingerprint density at radius 3 is 0.596 bits per heavy atom. The molecular formula is C80H48B48N8O4Zn. The minimum atomic E-state index is -0.630. The fourth-order valence-corrected chi connectivity index (χ4v) is 23.9. The second kappa shape index (κ2) is 39.2. The van der Waals surface area contributed by atoms with E-state index in [1.54, 1.807) is 115 Å². The summed E-state index contributed by atoms with van der Waals surface area (Å²) in [6.07, 6.45) is 3.53. The number of aromatic nitrogens is 8. The van der Waals surface area contributed by atoms with Crippen LogP contribution in [-0.4, -0.2) is 383 Å². The minimum Gasteiger partial charge on any atom is -0.457 e. The van der Waals surface area contributed by atoms with E-state index in [1.807, 2.05) is 121 Å². The molecule has 16 atom stereocenters. The van der Waals surface area contributed by atoms with Crippen molar-refractivity contribution in [2.75, 3.05) is 0 Å². The fraction of sp³-hybridized carbons (Fsp3) is 0.300. The zero-order valence-corrected chi connectivity index (χ0v) is 80.7. The van der Waals surface area contributed by atoms with Gasteiger partial charge in [0, 0.05) is 288 Å². The third-order valence-electron chi connectivity index (χ3n) is 33.0. The maximum absolute atomic E-state index is 7.09. The van der Waals surface area contributed by atoms with Crippen molar-refractivity contribution in [1.82, 2.24) is 39.9 Å². The summed E-state index contributed by atoms with van der Waals surface area (Å²) in [5.74, 6) is 4.40. The minimum absolute atomic E-state index is 0. The van der Waals surface area contributed by atoms with E-state index in [4.69, 9.17) is 245 Å². The van der Waals surface area contributed by atoms with Gasteiger partial charge < -0.3 is 48.9 Å². The van der Waals surface area contributed by atoms with Crippen molar-refractivity contribution < 1.29 is 38.4 Å². The van der Waals surface area contributed by atoms with E-state index in [1.165, 1.54) is 0 Å². The molecule has 0 spiro atoms. The van der Waals surface area contributed by atoms with Gasteiger partial charge in [0.2, 0.25) is 0 Å². The van der Waals surface area contributed by atoms with E-state index in [0.29, 0.717) is 141 Å². The van der Waals surface area contributed by atoms with Crippen LogP contribution >= 0.6 is 0 Å². The topological polar surface area (TPSA) is 142 Å². The third kappa shape index (κ3) is 17.4. The molecule has 10 aliphatic heterocycles. The van der Waals surface area contributed by atoms with Crippen molar-refractivity contribution in [2.45, 2.75) is 139 Å². The van der Waals surface area contributed by atoms with Crippen LogP contribution < -0.4 is 28.9 Å². The molecule has 10 aliphatic rings. The predicted molar refractivity (Wildman–Crippen MR) is 617 cm³/mol. The van der Waals surface area contributed by atoms with E-state index in [9.17, 15) is 0 Å². The molecule has 141 heavy (non-hydrogen) atoms. The Balaban J connectivity index is 0.0000122. The molecule has 21 rings (SSSR count). The maximum Gasteiger partial charge on any atom is 2.00 e. The molecular weight excluding hydrogens is 1700 g/mol. The Morgan fingerprint density at radius 2 is 0.404 bits per heavy atom. The van der Waals surface area contributed by atoms with Crippen LogP contribution in [-0.2, 0) is 70.8 Å². The van der Waals surface area contributed by atoms with Crippen LogP contribution in [0.3, 0.4) is 0 Å². The van der Waals surface area contributed by atoms with Crippen LogP contribution in [0.1, 0.15) is 44.5 Å². The molecule has 0 N–H and O–H groups in total. The van der Waals surface area contributed by atoms with E-state index >= 15 is 0 Å². The largest absolute Gasteiger partial charge is 2.00 e. The molecule has 8 saturated heterocycles. The van der Waals surface area contributed by atoms with Crippen LogP contribution in [0.25, 0.3) is 89.7 Å². The van der Waals surface area contributed by atoms with Crippen LogP contribution in [0.2, 0.25) is 87.4 Å². The molecule has 61 heteroatoms. The second-order valence-electron chi connectivity index (χ2n) is 40.3. The molecule has 0 aliphatic carbocycles. The number of nitrogens with zero attached hydrogens (tertiary/aromatic N) is 8. The Bertz CT molecular complexity index is 6730. The number of hydrogen-bond acceptors (Lipinski definition) is 10. The van der Waals surface area contributed by atoms with Gasteiger partial charge in [0.05, 0.1) is 133 Å². The number of benzene rings is 8. The number of rotatable bonds is 40. The quantitative estimate of drug-likeness (QED) is 0.0472. The van der Waals surface area contributed by atoms with Crippen LogP contribution in [0.15, 0.2) is 146 Å². The molecule has 0 saturated carbocycles. The molecule has 11 aromatic rings. The molecule has 8 aromatic carbocycles.